The smallest absolute Gasteiger partial charge is 0.00698 e. The second-order valence-electron chi connectivity index (χ2n) is 5.66. The summed E-state index contributed by atoms with van der Waals surface area (Å²) in [7, 11) is 2.11. The van der Waals surface area contributed by atoms with Crippen LogP contribution in [0.4, 0.5) is 0 Å². The van der Waals surface area contributed by atoms with Crippen molar-refractivity contribution in [1.82, 2.24) is 5.32 Å². The molecule has 0 amide bonds. The number of nitrogens with one attached hydrogen (secondary N) is 1. The zero-order chi connectivity index (χ0) is 13.9. The normalized spacial score (nSPS) is 14.3. The summed E-state index contributed by atoms with van der Waals surface area (Å²) in [5.74, 6) is 0.896. The summed E-state index contributed by atoms with van der Waals surface area (Å²) >= 11 is 0. The zero-order valence-electron chi connectivity index (χ0n) is 13.0. The average molecular weight is 261 g/mol. The first-order chi connectivity index (χ1) is 9.30. The third-order valence-electron chi connectivity index (χ3n) is 4.19. The molecule has 0 aliphatic carbocycles. The number of hydrogen-bond acceptors (Lipinski definition) is 1. The van der Waals surface area contributed by atoms with Gasteiger partial charge in [-0.15, -0.1) is 0 Å². The van der Waals surface area contributed by atoms with Crippen molar-refractivity contribution in [2.75, 3.05) is 7.05 Å². The van der Waals surface area contributed by atoms with Gasteiger partial charge in [0.2, 0.25) is 0 Å². The molecule has 0 aliphatic rings. The van der Waals surface area contributed by atoms with Gasteiger partial charge >= 0.3 is 0 Å². The van der Waals surface area contributed by atoms with Crippen LogP contribution in [0.5, 0.6) is 0 Å². The first kappa shape index (κ1) is 16.2. The second kappa shape index (κ2) is 10.0. The van der Waals surface area contributed by atoms with Gasteiger partial charge in [-0.25, -0.2) is 0 Å². The third-order valence-corrected chi connectivity index (χ3v) is 4.19. The molecule has 1 heteroatoms. The molecule has 0 bridgehead atoms. The van der Waals surface area contributed by atoms with E-state index in [0.717, 1.165) is 5.92 Å². The Bertz CT molecular complexity index is 307. The molecule has 0 saturated heterocycles. The topological polar surface area (TPSA) is 12.0 Å². The van der Waals surface area contributed by atoms with Crippen LogP contribution in [0.15, 0.2) is 30.3 Å². The van der Waals surface area contributed by atoms with Crippen LogP contribution in [0.2, 0.25) is 0 Å². The van der Waals surface area contributed by atoms with Gasteiger partial charge < -0.3 is 5.32 Å². The molecule has 2 atom stereocenters. The van der Waals surface area contributed by atoms with Gasteiger partial charge in [-0.2, -0.15) is 0 Å². The van der Waals surface area contributed by atoms with Crippen molar-refractivity contribution in [3.05, 3.63) is 35.9 Å². The lowest BCUT2D eigenvalue weighted by Crippen LogP contribution is -2.28. The van der Waals surface area contributed by atoms with Gasteiger partial charge in [-0.3, -0.25) is 0 Å². The van der Waals surface area contributed by atoms with Crippen LogP contribution >= 0.6 is 0 Å². The molecule has 0 aliphatic heterocycles. The van der Waals surface area contributed by atoms with Crippen molar-refractivity contribution >= 4 is 0 Å². The first-order valence-electron chi connectivity index (χ1n) is 8.01. The van der Waals surface area contributed by atoms with Crippen molar-refractivity contribution in [1.29, 1.82) is 0 Å². The van der Waals surface area contributed by atoms with E-state index < -0.39 is 0 Å². The van der Waals surface area contributed by atoms with Crippen LogP contribution in [0.3, 0.4) is 0 Å². The number of aryl methyl sites for hydroxylation is 1. The lowest BCUT2D eigenvalue weighted by atomic mass is 9.90. The van der Waals surface area contributed by atoms with Crippen LogP contribution < -0.4 is 5.32 Å². The Kier molecular flexibility index (Phi) is 8.57. The molecule has 1 rings (SSSR count). The van der Waals surface area contributed by atoms with Crippen molar-refractivity contribution < 1.29 is 0 Å². The average Bonchev–Trinajstić information content (AvgIpc) is 2.47. The molecule has 0 aromatic heterocycles. The van der Waals surface area contributed by atoms with Gasteiger partial charge in [-0.1, -0.05) is 69.9 Å². The third kappa shape index (κ3) is 6.77. The summed E-state index contributed by atoms with van der Waals surface area (Å²) in [6, 6.07) is 11.5. The van der Waals surface area contributed by atoms with Crippen molar-refractivity contribution in [3.63, 3.8) is 0 Å². The van der Waals surface area contributed by atoms with Crippen molar-refractivity contribution in [3.8, 4) is 0 Å². The fraction of sp³-hybridized carbons (Fsp3) is 0.667. The van der Waals surface area contributed by atoms with Crippen molar-refractivity contribution in [2.24, 2.45) is 5.92 Å². The predicted molar refractivity (Wildman–Crippen MR) is 85.5 cm³/mol. The molecule has 1 N–H and O–H groups in total. The minimum absolute atomic E-state index is 0.669. The largest absolute Gasteiger partial charge is 0.317 e. The van der Waals surface area contributed by atoms with Crippen LogP contribution in [0, 0.1) is 5.92 Å². The highest BCUT2D eigenvalue weighted by molar-refractivity contribution is 5.14. The van der Waals surface area contributed by atoms with E-state index in [0.29, 0.717) is 6.04 Å². The molecule has 0 fully saturated rings. The van der Waals surface area contributed by atoms with Gasteiger partial charge in [0.15, 0.2) is 0 Å². The number of unbranched alkanes of at least 4 members (excludes halogenated alkanes) is 1. The molecule has 2 unspecified atom stereocenters. The van der Waals surface area contributed by atoms with Gasteiger partial charge in [-0.05, 0) is 37.8 Å². The lowest BCUT2D eigenvalue weighted by Gasteiger charge is -2.22. The van der Waals surface area contributed by atoms with Crippen LogP contribution in [0.1, 0.15) is 57.9 Å². The Morgan fingerprint density at radius 1 is 1.05 bits per heavy atom. The van der Waals surface area contributed by atoms with E-state index in [2.05, 4.69) is 56.5 Å². The highest BCUT2D eigenvalue weighted by Crippen LogP contribution is 2.20. The van der Waals surface area contributed by atoms with Crippen LogP contribution in [0.25, 0.3) is 0 Å². The Morgan fingerprint density at radius 3 is 2.37 bits per heavy atom. The summed E-state index contributed by atoms with van der Waals surface area (Å²) in [4.78, 5) is 0. The van der Waals surface area contributed by atoms with E-state index in [-0.39, 0.29) is 0 Å². The fourth-order valence-electron chi connectivity index (χ4n) is 2.75. The molecule has 1 nitrogen and oxygen atoms in total. The quantitative estimate of drug-likeness (QED) is 0.637. The monoisotopic (exact) mass is 261 g/mol. The summed E-state index contributed by atoms with van der Waals surface area (Å²) in [6.07, 6.45) is 9.21. The van der Waals surface area contributed by atoms with Gasteiger partial charge in [0.25, 0.3) is 0 Å². The molecule has 0 saturated carbocycles. The summed E-state index contributed by atoms with van der Waals surface area (Å²) in [5, 5.41) is 3.51. The minimum Gasteiger partial charge on any atom is -0.317 e. The molecule has 0 spiro atoms. The van der Waals surface area contributed by atoms with Crippen LogP contribution in [-0.4, -0.2) is 13.1 Å². The van der Waals surface area contributed by atoms with E-state index in [9.17, 15) is 0 Å². The van der Waals surface area contributed by atoms with Gasteiger partial charge in [0.1, 0.15) is 0 Å². The summed E-state index contributed by atoms with van der Waals surface area (Å²) in [6.45, 7) is 4.63. The predicted octanol–water partition coefficient (Wildman–Crippen LogP) is 4.81. The molecule has 19 heavy (non-hydrogen) atoms. The highest BCUT2D eigenvalue weighted by Gasteiger charge is 2.13. The Labute approximate surface area is 119 Å². The van der Waals surface area contributed by atoms with Gasteiger partial charge in [0.05, 0.1) is 0 Å². The van der Waals surface area contributed by atoms with E-state index in [4.69, 9.17) is 0 Å². The molecule has 1 aromatic rings. The summed E-state index contributed by atoms with van der Waals surface area (Å²) < 4.78 is 0. The van der Waals surface area contributed by atoms with Gasteiger partial charge in [0, 0.05) is 6.04 Å². The van der Waals surface area contributed by atoms with E-state index in [1.165, 1.54) is 50.5 Å². The first-order valence-corrected chi connectivity index (χ1v) is 8.01. The van der Waals surface area contributed by atoms with Crippen LogP contribution in [-0.2, 0) is 6.42 Å². The maximum absolute atomic E-state index is 3.51. The number of hydrogen-bond donors (Lipinski definition) is 1. The minimum atomic E-state index is 0.669. The Morgan fingerprint density at radius 2 is 1.79 bits per heavy atom. The lowest BCUT2D eigenvalue weighted by molar-refractivity contribution is 0.349. The fourth-order valence-corrected chi connectivity index (χ4v) is 2.75. The Balaban J connectivity index is 2.35. The Hall–Kier alpha value is -0.820. The summed E-state index contributed by atoms with van der Waals surface area (Å²) in [5.41, 5.74) is 1.46. The molecule has 0 heterocycles. The SMILES string of the molecule is CCCCC(CC)CC(CCc1ccccc1)NC. The van der Waals surface area contributed by atoms with E-state index >= 15 is 0 Å². The maximum Gasteiger partial charge on any atom is 0.00698 e. The zero-order valence-corrected chi connectivity index (χ0v) is 13.0. The molecule has 108 valence electrons. The second-order valence-corrected chi connectivity index (χ2v) is 5.66. The standard InChI is InChI=1S/C18H31N/c1-4-6-10-16(5-2)15-18(19-3)14-13-17-11-8-7-9-12-17/h7-9,11-12,16,18-19H,4-6,10,13-15H2,1-3H3. The molecular weight excluding hydrogens is 230 g/mol. The number of rotatable bonds is 10. The van der Waals surface area contributed by atoms with E-state index in [1.807, 2.05) is 0 Å². The highest BCUT2D eigenvalue weighted by atomic mass is 14.9. The van der Waals surface area contributed by atoms with E-state index in [1.54, 1.807) is 0 Å². The molecule has 0 radical (unpaired) electrons. The molecule has 1 aromatic carbocycles. The molecular formula is C18H31N. The maximum atomic E-state index is 3.51. The number of benzene rings is 1. The van der Waals surface area contributed by atoms with Crippen molar-refractivity contribution in [2.45, 2.75) is 64.8 Å².